The highest BCUT2D eigenvalue weighted by molar-refractivity contribution is 5.96. The van der Waals surface area contributed by atoms with Crippen molar-refractivity contribution in [3.63, 3.8) is 0 Å². The number of para-hydroxylation sites is 1. The van der Waals surface area contributed by atoms with Gasteiger partial charge >= 0.3 is 5.97 Å². The minimum absolute atomic E-state index is 0.371. The number of carbonyl (C=O) groups is 1. The molecular weight excluding hydrogens is 336 g/mol. The number of hydrogen-bond donors (Lipinski definition) is 0. The second kappa shape index (κ2) is 7.08. The molecule has 0 aliphatic heterocycles. The van der Waals surface area contributed by atoms with Crippen LogP contribution < -0.4 is 0 Å². The van der Waals surface area contributed by atoms with E-state index >= 15 is 0 Å². The summed E-state index contributed by atoms with van der Waals surface area (Å²) < 4.78 is 6.92. The van der Waals surface area contributed by atoms with Crippen molar-refractivity contribution in [3.8, 4) is 0 Å². The second-order valence-electron chi connectivity index (χ2n) is 6.49. The van der Waals surface area contributed by atoms with Crippen LogP contribution in [0, 0.1) is 6.92 Å². The van der Waals surface area contributed by atoms with Gasteiger partial charge in [0, 0.05) is 29.1 Å². The molecule has 4 rings (SSSR count). The highest BCUT2D eigenvalue weighted by Crippen LogP contribution is 2.29. The van der Waals surface area contributed by atoms with E-state index in [-0.39, 0.29) is 5.97 Å². The summed E-state index contributed by atoms with van der Waals surface area (Å²) in [4.78, 5) is 16.6. The Morgan fingerprint density at radius 3 is 2.63 bits per heavy atom. The van der Waals surface area contributed by atoms with Crippen molar-refractivity contribution in [3.05, 3.63) is 83.6 Å². The third-order valence-electron chi connectivity index (χ3n) is 4.80. The predicted octanol–water partition coefficient (Wildman–Crippen LogP) is 4.73. The zero-order chi connectivity index (χ0) is 18.8. The Balaban J connectivity index is 1.96. The Morgan fingerprint density at radius 2 is 1.85 bits per heavy atom. The van der Waals surface area contributed by atoms with Gasteiger partial charge in [-0.2, -0.15) is 0 Å². The summed E-state index contributed by atoms with van der Waals surface area (Å²) in [5, 5.41) is 2.20. The zero-order valence-electron chi connectivity index (χ0n) is 15.3. The van der Waals surface area contributed by atoms with Gasteiger partial charge in [-0.1, -0.05) is 48.5 Å². The fourth-order valence-electron chi connectivity index (χ4n) is 3.40. The van der Waals surface area contributed by atoms with Gasteiger partial charge in [0.15, 0.2) is 0 Å². The Kier molecular flexibility index (Phi) is 4.47. The van der Waals surface area contributed by atoms with Gasteiger partial charge in [-0.25, -0.2) is 9.78 Å². The molecule has 0 atom stereocenters. The van der Waals surface area contributed by atoms with Crippen LogP contribution in [0.25, 0.3) is 28.0 Å². The van der Waals surface area contributed by atoms with E-state index in [4.69, 9.17) is 9.72 Å². The topological polar surface area (TPSA) is 44.1 Å². The third kappa shape index (κ3) is 3.22. The van der Waals surface area contributed by atoms with Crippen molar-refractivity contribution in [2.75, 3.05) is 7.11 Å². The number of pyridine rings is 1. The molecule has 2 aromatic heterocycles. The maximum Gasteiger partial charge on any atom is 0.330 e. The van der Waals surface area contributed by atoms with Gasteiger partial charge in [0.25, 0.3) is 0 Å². The third-order valence-corrected chi connectivity index (χ3v) is 4.80. The summed E-state index contributed by atoms with van der Waals surface area (Å²) in [7, 11) is 1.38. The molecule has 2 aromatic carbocycles. The number of carbonyl (C=O) groups excluding carboxylic acids is 1. The first-order chi connectivity index (χ1) is 13.2. The van der Waals surface area contributed by atoms with Crippen molar-refractivity contribution in [1.29, 1.82) is 0 Å². The molecule has 2 heterocycles. The number of ether oxygens (including phenoxy) is 1. The fourth-order valence-corrected chi connectivity index (χ4v) is 3.40. The van der Waals surface area contributed by atoms with Gasteiger partial charge in [-0.3, -0.25) is 0 Å². The van der Waals surface area contributed by atoms with Crippen LogP contribution >= 0.6 is 0 Å². The Bertz CT molecular complexity index is 1160. The first-order valence-electron chi connectivity index (χ1n) is 8.86. The quantitative estimate of drug-likeness (QED) is 0.392. The Labute approximate surface area is 157 Å². The molecule has 4 aromatic rings. The summed E-state index contributed by atoms with van der Waals surface area (Å²) in [5.74, 6) is -0.371. The Hall–Kier alpha value is -3.40. The van der Waals surface area contributed by atoms with E-state index in [2.05, 4.69) is 35.8 Å². The van der Waals surface area contributed by atoms with Crippen LogP contribution in [0.1, 0.15) is 16.8 Å². The molecule has 0 bridgehead atoms. The van der Waals surface area contributed by atoms with Crippen LogP contribution in [0.2, 0.25) is 0 Å². The van der Waals surface area contributed by atoms with E-state index in [0.29, 0.717) is 6.54 Å². The highest BCUT2D eigenvalue weighted by atomic mass is 16.5. The molecule has 0 amide bonds. The summed E-state index contributed by atoms with van der Waals surface area (Å²) in [6.45, 7) is 2.74. The van der Waals surface area contributed by atoms with Crippen molar-refractivity contribution in [2.45, 2.75) is 13.5 Å². The van der Waals surface area contributed by atoms with Crippen LogP contribution in [0.4, 0.5) is 0 Å². The molecule has 0 N–H and O–H groups in total. The number of rotatable bonds is 4. The number of methoxy groups -OCH3 is 1. The zero-order valence-corrected chi connectivity index (χ0v) is 15.3. The van der Waals surface area contributed by atoms with Crippen molar-refractivity contribution in [1.82, 2.24) is 9.55 Å². The van der Waals surface area contributed by atoms with Gasteiger partial charge in [-0.05, 0) is 36.3 Å². The van der Waals surface area contributed by atoms with E-state index in [1.165, 1.54) is 18.7 Å². The number of esters is 1. The minimum Gasteiger partial charge on any atom is -0.466 e. The SMILES string of the molecule is COC(=O)/C=C/c1c(C)c2cc3ccccc3nc2n1Cc1ccccc1. The van der Waals surface area contributed by atoms with E-state index in [1.54, 1.807) is 0 Å². The second-order valence-corrected chi connectivity index (χ2v) is 6.49. The van der Waals surface area contributed by atoms with Crippen LogP contribution in [-0.4, -0.2) is 22.6 Å². The monoisotopic (exact) mass is 356 g/mol. The molecule has 4 heteroatoms. The van der Waals surface area contributed by atoms with Crippen LogP contribution in [0.5, 0.6) is 0 Å². The summed E-state index contributed by atoms with van der Waals surface area (Å²) in [5.41, 5.74) is 5.11. The number of hydrogen-bond acceptors (Lipinski definition) is 3. The maximum atomic E-state index is 11.6. The average molecular weight is 356 g/mol. The molecule has 4 nitrogen and oxygen atoms in total. The molecule has 0 radical (unpaired) electrons. The molecule has 0 aliphatic rings. The van der Waals surface area contributed by atoms with Crippen molar-refractivity contribution < 1.29 is 9.53 Å². The van der Waals surface area contributed by atoms with Gasteiger partial charge in [0.2, 0.25) is 0 Å². The molecule has 27 heavy (non-hydrogen) atoms. The van der Waals surface area contributed by atoms with Crippen LogP contribution in [0.3, 0.4) is 0 Å². The fraction of sp³-hybridized carbons (Fsp3) is 0.130. The summed E-state index contributed by atoms with van der Waals surface area (Å²) >= 11 is 0. The summed E-state index contributed by atoms with van der Waals surface area (Å²) in [6.07, 6.45) is 3.28. The van der Waals surface area contributed by atoms with Crippen LogP contribution in [-0.2, 0) is 16.1 Å². The highest BCUT2D eigenvalue weighted by Gasteiger charge is 2.15. The molecule has 0 aliphatic carbocycles. The lowest BCUT2D eigenvalue weighted by Crippen LogP contribution is -2.04. The molecule has 0 saturated carbocycles. The minimum atomic E-state index is -0.371. The molecule has 0 fully saturated rings. The van der Waals surface area contributed by atoms with E-state index in [0.717, 1.165) is 33.2 Å². The van der Waals surface area contributed by atoms with Gasteiger partial charge in [0.1, 0.15) is 5.65 Å². The smallest absolute Gasteiger partial charge is 0.330 e. The average Bonchev–Trinajstić information content (AvgIpc) is 2.96. The first-order valence-corrected chi connectivity index (χ1v) is 8.86. The van der Waals surface area contributed by atoms with Crippen molar-refractivity contribution in [2.24, 2.45) is 0 Å². The standard InChI is InChI=1S/C23H20N2O2/c1-16-19-14-18-10-6-7-11-20(18)24-23(19)25(15-17-8-4-3-5-9-17)21(16)12-13-22(26)27-2/h3-14H,15H2,1-2H3/b13-12+. The number of aromatic nitrogens is 2. The normalized spacial score (nSPS) is 11.5. The van der Waals surface area contributed by atoms with Gasteiger partial charge < -0.3 is 9.30 Å². The van der Waals surface area contributed by atoms with E-state index in [9.17, 15) is 4.79 Å². The largest absolute Gasteiger partial charge is 0.466 e. The predicted molar refractivity (Wildman–Crippen MR) is 109 cm³/mol. The van der Waals surface area contributed by atoms with E-state index < -0.39 is 0 Å². The van der Waals surface area contributed by atoms with Crippen LogP contribution in [0.15, 0.2) is 66.7 Å². The lowest BCUT2D eigenvalue weighted by atomic mass is 10.1. The Morgan fingerprint density at radius 1 is 1.11 bits per heavy atom. The lowest BCUT2D eigenvalue weighted by Gasteiger charge is -2.09. The number of aryl methyl sites for hydroxylation is 1. The summed E-state index contributed by atoms with van der Waals surface area (Å²) in [6, 6.07) is 20.5. The molecule has 134 valence electrons. The molecule has 0 spiro atoms. The van der Waals surface area contributed by atoms with Gasteiger partial charge in [0.05, 0.1) is 12.6 Å². The number of benzene rings is 2. The first kappa shape index (κ1) is 17.0. The number of fused-ring (bicyclic) bond motifs is 2. The van der Waals surface area contributed by atoms with E-state index in [1.807, 2.05) is 42.5 Å². The lowest BCUT2D eigenvalue weighted by molar-refractivity contribution is -0.134. The molecular formula is C23H20N2O2. The maximum absolute atomic E-state index is 11.6. The molecule has 0 unspecified atom stereocenters. The van der Waals surface area contributed by atoms with Crippen molar-refractivity contribution >= 4 is 34.0 Å². The molecule has 0 saturated heterocycles. The number of nitrogens with zero attached hydrogens (tertiary/aromatic N) is 2. The van der Waals surface area contributed by atoms with Gasteiger partial charge in [-0.15, -0.1) is 0 Å².